The van der Waals surface area contributed by atoms with Crippen LogP contribution in [-0.4, -0.2) is 71.2 Å². The molecule has 3 aromatic rings. The molecule has 182 valence electrons. The average molecular weight is 479 g/mol. The summed E-state index contributed by atoms with van der Waals surface area (Å²) in [5.74, 6) is -0.177. The first kappa shape index (κ1) is 22.7. The van der Waals surface area contributed by atoms with E-state index in [1.54, 1.807) is 17.2 Å². The van der Waals surface area contributed by atoms with Crippen molar-refractivity contribution >= 4 is 35.1 Å². The van der Waals surface area contributed by atoms with Crippen molar-refractivity contribution < 1.29 is 24.6 Å². The van der Waals surface area contributed by atoms with Crippen LogP contribution in [-0.2, 0) is 4.79 Å². The number of nitrogen functional groups attached to an aromatic ring is 1. The Morgan fingerprint density at radius 1 is 1.17 bits per heavy atom. The number of aliphatic hydroxyl groups excluding tert-OH is 1. The standard InChI is InChI=1S/C23H25N7O5/c1-11(32)19-20(13-6-14-3-4-15(7-13)29(14)18(33)10-31)28-22-16(9-26-30(22)21(19)24)12-2-5-17(25-8-12)27-23(34)35/h2,5,8-9,13-15,31H,3-4,6-7,10,24H2,1H3,(H,25,27)(H,34,35). The molecule has 2 aliphatic heterocycles. The van der Waals surface area contributed by atoms with Gasteiger partial charge in [0.1, 0.15) is 18.2 Å². The summed E-state index contributed by atoms with van der Waals surface area (Å²) in [6.45, 7) is 0.936. The van der Waals surface area contributed by atoms with E-state index < -0.39 is 12.7 Å². The predicted molar refractivity (Wildman–Crippen MR) is 125 cm³/mol. The molecule has 2 unspecified atom stereocenters. The summed E-state index contributed by atoms with van der Waals surface area (Å²) in [6.07, 6.45) is 4.84. The molecule has 3 aromatic heterocycles. The lowest BCUT2D eigenvalue weighted by Crippen LogP contribution is -2.47. The average Bonchev–Trinajstić information content (AvgIpc) is 3.36. The summed E-state index contributed by atoms with van der Waals surface area (Å²) >= 11 is 0. The van der Waals surface area contributed by atoms with Crippen molar-refractivity contribution in [1.82, 2.24) is 24.5 Å². The first-order valence-electron chi connectivity index (χ1n) is 11.3. The molecule has 2 fully saturated rings. The third-order valence-electron chi connectivity index (χ3n) is 6.92. The monoisotopic (exact) mass is 479 g/mol. The molecule has 2 aliphatic rings. The van der Waals surface area contributed by atoms with Crippen molar-refractivity contribution in [2.24, 2.45) is 0 Å². The fourth-order valence-corrected chi connectivity index (χ4v) is 5.52. The third kappa shape index (κ3) is 3.85. The minimum Gasteiger partial charge on any atom is -0.465 e. The third-order valence-corrected chi connectivity index (χ3v) is 6.92. The maximum absolute atomic E-state index is 12.6. The van der Waals surface area contributed by atoms with E-state index in [9.17, 15) is 19.5 Å². The van der Waals surface area contributed by atoms with E-state index in [-0.39, 0.29) is 41.3 Å². The highest BCUT2D eigenvalue weighted by Crippen LogP contribution is 2.44. The highest BCUT2D eigenvalue weighted by molar-refractivity contribution is 6.00. The molecule has 5 heterocycles. The number of fused-ring (bicyclic) bond motifs is 3. The lowest BCUT2D eigenvalue weighted by atomic mass is 9.85. The molecule has 0 aromatic carbocycles. The van der Waals surface area contributed by atoms with Crippen LogP contribution in [0.15, 0.2) is 24.5 Å². The number of nitrogens with zero attached hydrogens (tertiary/aromatic N) is 5. The molecule has 5 N–H and O–H groups in total. The second-order valence-corrected chi connectivity index (χ2v) is 8.98. The van der Waals surface area contributed by atoms with Gasteiger partial charge in [0.05, 0.1) is 17.5 Å². The number of anilines is 2. The van der Waals surface area contributed by atoms with Crippen molar-refractivity contribution in [1.29, 1.82) is 0 Å². The number of nitrogens with one attached hydrogen (secondary N) is 1. The number of hydrogen-bond acceptors (Lipinski definition) is 8. The number of nitrogens with two attached hydrogens (primary N) is 1. The number of aromatic nitrogens is 4. The van der Waals surface area contributed by atoms with Gasteiger partial charge in [0, 0.05) is 35.3 Å². The van der Waals surface area contributed by atoms with Gasteiger partial charge in [-0.15, -0.1) is 0 Å². The number of Topliss-reactive ketones (excluding diaryl/α,β-unsaturated/α-hetero) is 1. The van der Waals surface area contributed by atoms with E-state index in [0.29, 0.717) is 40.9 Å². The van der Waals surface area contributed by atoms with Crippen molar-refractivity contribution in [3.05, 3.63) is 35.8 Å². The Kier molecular flexibility index (Phi) is 5.59. The summed E-state index contributed by atoms with van der Waals surface area (Å²) < 4.78 is 1.43. The van der Waals surface area contributed by atoms with Gasteiger partial charge in [-0.2, -0.15) is 9.61 Å². The minimum absolute atomic E-state index is 0.0136. The number of hydrogen-bond donors (Lipinski definition) is 4. The lowest BCUT2D eigenvalue weighted by molar-refractivity contribution is -0.138. The number of aliphatic hydroxyl groups is 1. The second kappa shape index (κ2) is 8.62. The number of ketones is 1. The van der Waals surface area contributed by atoms with Gasteiger partial charge in [0.15, 0.2) is 11.4 Å². The molecular formula is C23H25N7O5. The van der Waals surface area contributed by atoms with Crippen LogP contribution < -0.4 is 11.1 Å². The number of pyridine rings is 1. The molecule has 0 saturated carbocycles. The molecule has 0 spiro atoms. The fraction of sp³-hybridized carbons (Fsp3) is 0.391. The Bertz CT molecular complexity index is 1320. The van der Waals surface area contributed by atoms with E-state index in [1.807, 2.05) is 0 Å². The normalized spacial score (nSPS) is 21.3. The Balaban J connectivity index is 1.57. The van der Waals surface area contributed by atoms with Crippen LogP contribution in [0.5, 0.6) is 0 Å². The molecule has 35 heavy (non-hydrogen) atoms. The first-order valence-corrected chi connectivity index (χ1v) is 11.3. The smallest absolute Gasteiger partial charge is 0.410 e. The second-order valence-electron chi connectivity index (χ2n) is 8.98. The summed E-state index contributed by atoms with van der Waals surface area (Å²) in [4.78, 5) is 46.5. The zero-order valence-electron chi connectivity index (χ0n) is 19.0. The van der Waals surface area contributed by atoms with Gasteiger partial charge in [-0.1, -0.05) is 0 Å². The van der Waals surface area contributed by atoms with Crippen molar-refractivity contribution in [3.8, 4) is 11.1 Å². The highest BCUT2D eigenvalue weighted by Gasteiger charge is 2.44. The van der Waals surface area contributed by atoms with Gasteiger partial charge in [-0.3, -0.25) is 14.9 Å². The Hall–Kier alpha value is -4.06. The summed E-state index contributed by atoms with van der Waals surface area (Å²) in [5.41, 5.74) is 9.11. The van der Waals surface area contributed by atoms with Crippen LogP contribution in [0.25, 0.3) is 16.8 Å². The molecule has 2 atom stereocenters. The minimum atomic E-state index is -1.21. The van der Waals surface area contributed by atoms with Crippen LogP contribution in [0.4, 0.5) is 16.4 Å². The van der Waals surface area contributed by atoms with Crippen LogP contribution in [0.3, 0.4) is 0 Å². The van der Waals surface area contributed by atoms with E-state index >= 15 is 0 Å². The maximum atomic E-state index is 12.6. The van der Waals surface area contributed by atoms with Crippen LogP contribution >= 0.6 is 0 Å². The lowest BCUT2D eigenvalue weighted by Gasteiger charge is -2.39. The summed E-state index contributed by atoms with van der Waals surface area (Å²) in [7, 11) is 0. The number of amides is 2. The Labute approximate surface area is 199 Å². The van der Waals surface area contributed by atoms with Gasteiger partial charge in [0.2, 0.25) is 5.91 Å². The van der Waals surface area contributed by atoms with E-state index in [0.717, 1.165) is 12.8 Å². The first-order chi connectivity index (χ1) is 16.8. The number of carbonyl (C=O) groups is 3. The van der Waals surface area contributed by atoms with Crippen molar-refractivity contribution in [2.45, 2.75) is 50.6 Å². The summed E-state index contributed by atoms with van der Waals surface area (Å²) in [6, 6.07) is 3.21. The van der Waals surface area contributed by atoms with E-state index in [1.165, 1.54) is 23.7 Å². The molecule has 12 heteroatoms. The molecule has 12 nitrogen and oxygen atoms in total. The van der Waals surface area contributed by atoms with E-state index in [4.69, 9.17) is 15.8 Å². The van der Waals surface area contributed by atoms with Crippen LogP contribution in [0, 0.1) is 0 Å². The molecule has 0 aliphatic carbocycles. The number of carbonyl (C=O) groups excluding carboxylic acids is 2. The molecule has 5 rings (SSSR count). The zero-order valence-corrected chi connectivity index (χ0v) is 19.0. The van der Waals surface area contributed by atoms with Gasteiger partial charge in [-0.05, 0) is 44.7 Å². The maximum Gasteiger partial charge on any atom is 0.410 e. The van der Waals surface area contributed by atoms with E-state index in [2.05, 4.69) is 15.4 Å². The van der Waals surface area contributed by atoms with Gasteiger partial charge in [-0.25, -0.2) is 14.8 Å². The zero-order chi connectivity index (χ0) is 24.9. The SMILES string of the molecule is CC(=O)c1c(C2CC3CCC(C2)N3C(=O)CO)nc2c(-c3ccc(NC(=O)O)nc3)cnn2c1N. The van der Waals surface area contributed by atoms with Gasteiger partial charge < -0.3 is 20.8 Å². The van der Waals surface area contributed by atoms with Crippen LogP contribution in [0.2, 0.25) is 0 Å². The molecule has 0 radical (unpaired) electrons. The largest absolute Gasteiger partial charge is 0.465 e. The Morgan fingerprint density at radius 3 is 2.46 bits per heavy atom. The molecule has 2 bridgehead atoms. The number of piperidine rings is 1. The number of carboxylic acid groups (broad SMARTS) is 1. The predicted octanol–water partition coefficient (Wildman–Crippen LogP) is 1.90. The van der Waals surface area contributed by atoms with Gasteiger partial charge >= 0.3 is 6.09 Å². The molecular weight excluding hydrogens is 454 g/mol. The van der Waals surface area contributed by atoms with Crippen molar-refractivity contribution in [3.63, 3.8) is 0 Å². The van der Waals surface area contributed by atoms with Gasteiger partial charge in [0.25, 0.3) is 0 Å². The van der Waals surface area contributed by atoms with Crippen LogP contribution in [0.1, 0.15) is 54.6 Å². The molecule has 2 saturated heterocycles. The quantitative estimate of drug-likeness (QED) is 0.398. The number of rotatable bonds is 5. The summed E-state index contributed by atoms with van der Waals surface area (Å²) in [5, 5.41) is 24.8. The Morgan fingerprint density at radius 2 is 1.89 bits per heavy atom. The highest BCUT2D eigenvalue weighted by atomic mass is 16.4. The van der Waals surface area contributed by atoms with Crippen molar-refractivity contribution in [2.75, 3.05) is 17.7 Å². The molecule has 2 amide bonds. The fourth-order valence-electron chi connectivity index (χ4n) is 5.52. The topological polar surface area (TPSA) is 176 Å².